The summed E-state index contributed by atoms with van der Waals surface area (Å²) >= 11 is 1.74. The molecule has 1 atom stereocenters. The van der Waals surface area contributed by atoms with Crippen LogP contribution < -0.4 is 0 Å². The molecule has 0 bridgehead atoms. The van der Waals surface area contributed by atoms with Crippen LogP contribution in [0, 0.1) is 0 Å². The van der Waals surface area contributed by atoms with Gasteiger partial charge in [0.1, 0.15) is 0 Å². The molecule has 0 radical (unpaired) electrons. The van der Waals surface area contributed by atoms with Gasteiger partial charge in [0.25, 0.3) is 0 Å². The molecule has 1 amide bonds. The second-order valence-electron chi connectivity index (χ2n) is 7.32. The number of rotatable bonds is 5. The highest BCUT2D eigenvalue weighted by Crippen LogP contribution is 2.33. The Labute approximate surface area is 170 Å². The van der Waals surface area contributed by atoms with Gasteiger partial charge in [0, 0.05) is 43.6 Å². The van der Waals surface area contributed by atoms with Gasteiger partial charge in [-0.2, -0.15) is 5.10 Å². The highest BCUT2D eigenvalue weighted by atomic mass is 32.2. The van der Waals surface area contributed by atoms with E-state index in [4.69, 9.17) is 0 Å². The van der Waals surface area contributed by atoms with Crippen molar-refractivity contribution in [3.63, 3.8) is 0 Å². The van der Waals surface area contributed by atoms with Crippen LogP contribution >= 0.6 is 11.8 Å². The highest BCUT2D eigenvalue weighted by molar-refractivity contribution is 7.98. The van der Waals surface area contributed by atoms with E-state index >= 15 is 0 Å². The fourth-order valence-electron chi connectivity index (χ4n) is 3.90. The van der Waals surface area contributed by atoms with Crippen LogP contribution in [0.3, 0.4) is 0 Å². The van der Waals surface area contributed by atoms with E-state index in [1.807, 2.05) is 22.8 Å². The molecular weight excluding hydrogens is 366 g/mol. The molecule has 28 heavy (non-hydrogen) atoms. The monoisotopic (exact) mass is 391 g/mol. The van der Waals surface area contributed by atoms with Gasteiger partial charge in [0.2, 0.25) is 5.91 Å². The minimum Gasteiger partial charge on any atom is -0.337 e. The Kier molecular flexibility index (Phi) is 5.53. The molecule has 0 saturated heterocycles. The van der Waals surface area contributed by atoms with E-state index in [-0.39, 0.29) is 11.8 Å². The summed E-state index contributed by atoms with van der Waals surface area (Å²) in [6, 6.07) is 17.0. The molecule has 144 valence electrons. The van der Waals surface area contributed by atoms with Gasteiger partial charge in [-0.15, -0.1) is 11.8 Å². The fourth-order valence-corrected chi connectivity index (χ4v) is 4.31. The lowest BCUT2D eigenvalue weighted by Crippen LogP contribution is -2.38. The SMILES string of the molecule is CSc1ccc(CCC(=O)N2Cc3ccccc3C(c3cnn(C)c3)C2)cc1. The molecule has 1 aromatic heterocycles. The lowest BCUT2D eigenvalue weighted by molar-refractivity contribution is -0.132. The van der Waals surface area contributed by atoms with E-state index in [0.717, 1.165) is 6.42 Å². The van der Waals surface area contributed by atoms with Gasteiger partial charge in [-0.05, 0) is 47.1 Å². The lowest BCUT2D eigenvalue weighted by atomic mass is 9.86. The molecule has 0 aliphatic carbocycles. The minimum absolute atomic E-state index is 0.184. The number of aryl methyl sites for hydroxylation is 2. The number of benzene rings is 2. The summed E-state index contributed by atoms with van der Waals surface area (Å²) in [6.07, 6.45) is 7.38. The lowest BCUT2D eigenvalue weighted by Gasteiger charge is -2.34. The van der Waals surface area contributed by atoms with Crippen LogP contribution in [-0.2, 0) is 24.8 Å². The van der Waals surface area contributed by atoms with Gasteiger partial charge >= 0.3 is 0 Å². The molecule has 0 N–H and O–H groups in total. The van der Waals surface area contributed by atoms with E-state index in [1.54, 1.807) is 11.8 Å². The quantitative estimate of drug-likeness (QED) is 0.610. The summed E-state index contributed by atoms with van der Waals surface area (Å²) in [6.45, 7) is 1.41. The Balaban J connectivity index is 1.49. The van der Waals surface area contributed by atoms with Crippen molar-refractivity contribution < 1.29 is 4.79 Å². The molecule has 1 aliphatic heterocycles. The number of amides is 1. The fraction of sp³-hybridized carbons (Fsp3) is 0.304. The number of hydrogen-bond acceptors (Lipinski definition) is 3. The van der Waals surface area contributed by atoms with Crippen LogP contribution in [-0.4, -0.2) is 33.4 Å². The Morgan fingerprint density at radius 1 is 1.18 bits per heavy atom. The largest absolute Gasteiger partial charge is 0.337 e. The van der Waals surface area contributed by atoms with Crippen molar-refractivity contribution in [1.29, 1.82) is 0 Å². The predicted octanol–water partition coefficient (Wildman–Crippen LogP) is 4.25. The molecule has 5 heteroatoms. The average molecular weight is 392 g/mol. The first-order valence-electron chi connectivity index (χ1n) is 9.61. The third-order valence-corrected chi connectivity index (χ3v) is 6.20. The van der Waals surface area contributed by atoms with Crippen molar-refractivity contribution in [3.8, 4) is 0 Å². The van der Waals surface area contributed by atoms with E-state index in [0.29, 0.717) is 19.5 Å². The number of carbonyl (C=O) groups excluding carboxylic acids is 1. The van der Waals surface area contributed by atoms with Gasteiger partial charge in [-0.1, -0.05) is 36.4 Å². The molecule has 3 aromatic rings. The summed E-state index contributed by atoms with van der Waals surface area (Å²) in [5, 5.41) is 4.34. The summed E-state index contributed by atoms with van der Waals surface area (Å²) in [4.78, 5) is 16.2. The zero-order valence-corrected chi connectivity index (χ0v) is 17.2. The maximum atomic E-state index is 13.0. The van der Waals surface area contributed by atoms with Crippen LogP contribution in [0.5, 0.6) is 0 Å². The maximum absolute atomic E-state index is 13.0. The second kappa shape index (κ2) is 8.23. The van der Waals surface area contributed by atoms with Crippen LogP contribution in [0.15, 0.2) is 65.8 Å². The van der Waals surface area contributed by atoms with Crippen molar-refractivity contribution in [2.75, 3.05) is 12.8 Å². The van der Waals surface area contributed by atoms with Crippen LogP contribution in [0.25, 0.3) is 0 Å². The molecule has 2 aromatic carbocycles. The molecule has 0 saturated carbocycles. The molecule has 0 fully saturated rings. The Morgan fingerprint density at radius 2 is 1.96 bits per heavy atom. The third-order valence-electron chi connectivity index (χ3n) is 5.46. The number of fused-ring (bicyclic) bond motifs is 1. The van der Waals surface area contributed by atoms with Gasteiger partial charge in [0.05, 0.1) is 6.20 Å². The van der Waals surface area contributed by atoms with Crippen molar-refractivity contribution >= 4 is 17.7 Å². The van der Waals surface area contributed by atoms with Crippen LogP contribution in [0.4, 0.5) is 0 Å². The summed E-state index contributed by atoms with van der Waals surface area (Å²) in [7, 11) is 1.93. The number of thioether (sulfide) groups is 1. The minimum atomic E-state index is 0.184. The first-order chi connectivity index (χ1) is 13.6. The van der Waals surface area contributed by atoms with Gasteiger partial charge < -0.3 is 4.90 Å². The number of nitrogens with zero attached hydrogens (tertiary/aromatic N) is 3. The van der Waals surface area contributed by atoms with E-state index < -0.39 is 0 Å². The first-order valence-corrected chi connectivity index (χ1v) is 10.8. The standard InChI is InChI=1S/C23H25N3OS/c1-25-14-19(13-24-25)22-16-26(15-18-5-3-4-6-21(18)22)23(27)12-9-17-7-10-20(28-2)11-8-17/h3-8,10-11,13-14,22H,9,12,15-16H2,1-2H3. The number of carbonyl (C=O) groups is 1. The van der Waals surface area contributed by atoms with E-state index in [1.165, 1.54) is 27.1 Å². The molecule has 4 rings (SSSR count). The zero-order chi connectivity index (χ0) is 19.5. The smallest absolute Gasteiger partial charge is 0.223 e. The molecule has 1 aliphatic rings. The summed E-state index contributed by atoms with van der Waals surface area (Å²) in [5.41, 5.74) is 4.93. The average Bonchev–Trinajstić information content (AvgIpc) is 3.17. The van der Waals surface area contributed by atoms with E-state index in [9.17, 15) is 4.79 Å². The predicted molar refractivity (Wildman–Crippen MR) is 113 cm³/mol. The van der Waals surface area contributed by atoms with Crippen LogP contribution in [0.2, 0.25) is 0 Å². The summed E-state index contributed by atoms with van der Waals surface area (Å²) in [5.74, 6) is 0.404. The first kappa shape index (κ1) is 18.8. The Hall–Kier alpha value is -2.53. The third kappa shape index (κ3) is 3.99. The molecule has 0 spiro atoms. The Bertz CT molecular complexity index is 964. The zero-order valence-electron chi connectivity index (χ0n) is 16.3. The highest BCUT2D eigenvalue weighted by Gasteiger charge is 2.29. The summed E-state index contributed by atoms with van der Waals surface area (Å²) < 4.78 is 1.83. The van der Waals surface area contributed by atoms with Gasteiger partial charge in [-0.25, -0.2) is 0 Å². The molecular formula is C23H25N3OS. The van der Waals surface area contributed by atoms with Crippen molar-refractivity contribution in [2.24, 2.45) is 7.05 Å². The second-order valence-corrected chi connectivity index (χ2v) is 8.20. The molecule has 1 unspecified atom stereocenters. The normalized spacial score (nSPS) is 16.1. The van der Waals surface area contributed by atoms with E-state index in [2.05, 4.69) is 66.1 Å². The van der Waals surface area contributed by atoms with Gasteiger partial charge in [-0.3, -0.25) is 9.48 Å². The molecule has 4 nitrogen and oxygen atoms in total. The van der Waals surface area contributed by atoms with Crippen molar-refractivity contribution in [3.05, 3.63) is 83.2 Å². The Morgan fingerprint density at radius 3 is 2.68 bits per heavy atom. The number of aromatic nitrogens is 2. The topological polar surface area (TPSA) is 38.1 Å². The van der Waals surface area contributed by atoms with Crippen molar-refractivity contribution in [2.45, 2.75) is 30.2 Å². The van der Waals surface area contributed by atoms with Crippen LogP contribution in [0.1, 0.15) is 34.6 Å². The van der Waals surface area contributed by atoms with Crippen molar-refractivity contribution in [1.82, 2.24) is 14.7 Å². The maximum Gasteiger partial charge on any atom is 0.223 e. The molecule has 2 heterocycles. The van der Waals surface area contributed by atoms with Gasteiger partial charge in [0.15, 0.2) is 0 Å². The number of hydrogen-bond donors (Lipinski definition) is 0.